The van der Waals surface area contributed by atoms with Crippen LogP contribution in [0.25, 0.3) is 0 Å². The molecule has 1 N–H and O–H groups in total. The molecule has 84 valence electrons. The quantitative estimate of drug-likeness (QED) is 0.661. The fraction of sp³-hybridized carbons (Fsp3) is 1.00. The van der Waals surface area contributed by atoms with E-state index in [-0.39, 0.29) is 0 Å². The monoisotopic (exact) mass is 217 g/mol. The summed E-state index contributed by atoms with van der Waals surface area (Å²) < 4.78 is 5.62. The molecule has 0 radical (unpaired) electrons. The molecule has 1 heterocycles. The van der Waals surface area contributed by atoms with E-state index in [9.17, 15) is 0 Å². The van der Waals surface area contributed by atoms with Gasteiger partial charge in [-0.05, 0) is 31.9 Å². The van der Waals surface area contributed by atoms with E-state index in [1.165, 1.54) is 30.8 Å². The van der Waals surface area contributed by atoms with Gasteiger partial charge in [-0.15, -0.1) is 0 Å². The van der Waals surface area contributed by atoms with Crippen molar-refractivity contribution < 1.29 is 4.74 Å². The van der Waals surface area contributed by atoms with Crippen molar-refractivity contribution >= 4 is 11.8 Å². The SMILES string of the molecule is CCCSCCNC(C)C1CCCO1. The fourth-order valence-corrected chi connectivity index (χ4v) is 2.49. The van der Waals surface area contributed by atoms with Crippen LogP contribution < -0.4 is 5.32 Å². The molecular weight excluding hydrogens is 194 g/mol. The maximum absolute atomic E-state index is 5.62. The van der Waals surface area contributed by atoms with Gasteiger partial charge in [0.15, 0.2) is 0 Å². The summed E-state index contributed by atoms with van der Waals surface area (Å²) in [6, 6.07) is 0.528. The predicted molar refractivity (Wildman–Crippen MR) is 64.1 cm³/mol. The summed E-state index contributed by atoms with van der Waals surface area (Å²) in [6.45, 7) is 6.54. The first-order valence-electron chi connectivity index (χ1n) is 5.77. The van der Waals surface area contributed by atoms with Crippen molar-refractivity contribution in [3.05, 3.63) is 0 Å². The van der Waals surface area contributed by atoms with Crippen LogP contribution in [0.15, 0.2) is 0 Å². The molecule has 2 atom stereocenters. The van der Waals surface area contributed by atoms with Gasteiger partial charge in [0.1, 0.15) is 0 Å². The number of rotatable bonds is 7. The molecule has 1 saturated heterocycles. The Labute approximate surface area is 92.2 Å². The lowest BCUT2D eigenvalue weighted by Crippen LogP contribution is -2.38. The summed E-state index contributed by atoms with van der Waals surface area (Å²) in [5, 5.41) is 3.54. The molecule has 1 fully saturated rings. The average Bonchev–Trinajstić information content (AvgIpc) is 2.70. The first-order chi connectivity index (χ1) is 6.84. The number of hydrogen-bond donors (Lipinski definition) is 1. The van der Waals surface area contributed by atoms with Crippen LogP contribution in [-0.4, -0.2) is 36.8 Å². The molecule has 1 aliphatic rings. The molecule has 0 saturated carbocycles. The lowest BCUT2D eigenvalue weighted by Gasteiger charge is -2.19. The third kappa shape index (κ3) is 4.67. The Bertz CT molecular complexity index is 137. The molecular formula is C11H23NOS. The van der Waals surface area contributed by atoms with Gasteiger partial charge in [-0.3, -0.25) is 0 Å². The smallest absolute Gasteiger partial charge is 0.0726 e. The van der Waals surface area contributed by atoms with Crippen molar-refractivity contribution in [2.45, 2.75) is 45.3 Å². The average molecular weight is 217 g/mol. The van der Waals surface area contributed by atoms with E-state index in [0.29, 0.717) is 12.1 Å². The Morgan fingerprint density at radius 3 is 3.00 bits per heavy atom. The zero-order chi connectivity index (χ0) is 10.2. The number of ether oxygens (including phenoxy) is 1. The zero-order valence-corrected chi connectivity index (χ0v) is 10.2. The van der Waals surface area contributed by atoms with E-state index in [2.05, 4.69) is 19.2 Å². The molecule has 0 aromatic rings. The first kappa shape index (κ1) is 12.3. The summed E-state index contributed by atoms with van der Waals surface area (Å²) in [5.74, 6) is 2.51. The molecule has 0 spiro atoms. The standard InChI is InChI=1S/C11H23NOS/c1-3-8-14-9-6-12-10(2)11-5-4-7-13-11/h10-12H,3-9H2,1-2H3. The zero-order valence-electron chi connectivity index (χ0n) is 9.42. The molecule has 2 nitrogen and oxygen atoms in total. The van der Waals surface area contributed by atoms with E-state index in [1.54, 1.807) is 0 Å². The molecule has 1 aliphatic heterocycles. The van der Waals surface area contributed by atoms with Crippen LogP contribution in [0.2, 0.25) is 0 Å². The van der Waals surface area contributed by atoms with Crippen molar-refractivity contribution in [3.8, 4) is 0 Å². The van der Waals surface area contributed by atoms with Crippen LogP contribution in [-0.2, 0) is 4.74 Å². The van der Waals surface area contributed by atoms with Gasteiger partial charge in [-0.2, -0.15) is 11.8 Å². The highest BCUT2D eigenvalue weighted by atomic mass is 32.2. The van der Waals surface area contributed by atoms with Crippen molar-refractivity contribution in [3.63, 3.8) is 0 Å². The molecule has 3 heteroatoms. The molecule has 0 aromatic heterocycles. The van der Waals surface area contributed by atoms with Gasteiger partial charge in [-0.1, -0.05) is 6.92 Å². The second kappa shape index (κ2) is 7.55. The van der Waals surface area contributed by atoms with Crippen LogP contribution in [0.4, 0.5) is 0 Å². The third-order valence-electron chi connectivity index (χ3n) is 2.58. The molecule has 0 aliphatic carbocycles. The van der Waals surface area contributed by atoms with Gasteiger partial charge >= 0.3 is 0 Å². The molecule has 0 amide bonds. The van der Waals surface area contributed by atoms with Crippen molar-refractivity contribution in [1.29, 1.82) is 0 Å². The number of thioether (sulfide) groups is 1. The summed E-state index contributed by atoms with van der Waals surface area (Å²) in [4.78, 5) is 0. The van der Waals surface area contributed by atoms with Gasteiger partial charge < -0.3 is 10.1 Å². The molecule has 2 unspecified atom stereocenters. The van der Waals surface area contributed by atoms with Crippen LogP contribution in [0, 0.1) is 0 Å². The van der Waals surface area contributed by atoms with Gasteiger partial charge in [0.25, 0.3) is 0 Å². The Hall–Kier alpha value is 0.270. The topological polar surface area (TPSA) is 21.3 Å². The van der Waals surface area contributed by atoms with E-state index in [1.807, 2.05) is 11.8 Å². The van der Waals surface area contributed by atoms with Crippen LogP contribution in [0.3, 0.4) is 0 Å². The predicted octanol–water partition coefficient (Wildman–Crippen LogP) is 2.29. The van der Waals surface area contributed by atoms with Crippen LogP contribution >= 0.6 is 11.8 Å². The fourth-order valence-electron chi connectivity index (χ4n) is 1.73. The number of hydrogen-bond acceptors (Lipinski definition) is 3. The van der Waals surface area contributed by atoms with Crippen molar-refractivity contribution in [2.24, 2.45) is 0 Å². The Kier molecular flexibility index (Phi) is 6.65. The lowest BCUT2D eigenvalue weighted by atomic mass is 10.1. The highest BCUT2D eigenvalue weighted by Gasteiger charge is 2.21. The largest absolute Gasteiger partial charge is 0.377 e. The highest BCUT2D eigenvalue weighted by molar-refractivity contribution is 7.99. The van der Waals surface area contributed by atoms with Gasteiger partial charge in [0, 0.05) is 24.9 Å². The number of nitrogens with one attached hydrogen (secondary N) is 1. The summed E-state index contributed by atoms with van der Waals surface area (Å²) in [7, 11) is 0. The maximum atomic E-state index is 5.62. The Morgan fingerprint density at radius 2 is 2.36 bits per heavy atom. The molecule has 1 rings (SSSR count). The van der Waals surface area contributed by atoms with E-state index >= 15 is 0 Å². The Balaban J connectivity index is 1.94. The minimum atomic E-state index is 0.464. The van der Waals surface area contributed by atoms with E-state index < -0.39 is 0 Å². The minimum Gasteiger partial charge on any atom is -0.377 e. The molecule has 14 heavy (non-hydrogen) atoms. The van der Waals surface area contributed by atoms with Crippen LogP contribution in [0.5, 0.6) is 0 Å². The Morgan fingerprint density at radius 1 is 1.50 bits per heavy atom. The highest BCUT2D eigenvalue weighted by Crippen LogP contribution is 2.15. The summed E-state index contributed by atoms with van der Waals surface area (Å²) in [5.41, 5.74) is 0. The van der Waals surface area contributed by atoms with Crippen molar-refractivity contribution in [2.75, 3.05) is 24.7 Å². The lowest BCUT2D eigenvalue weighted by molar-refractivity contribution is 0.0844. The third-order valence-corrected chi connectivity index (χ3v) is 3.77. The van der Waals surface area contributed by atoms with Gasteiger partial charge in [0.05, 0.1) is 6.10 Å². The van der Waals surface area contributed by atoms with Crippen molar-refractivity contribution in [1.82, 2.24) is 5.32 Å². The van der Waals surface area contributed by atoms with Gasteiger partial charge in [-0.25, -0.2) is 0 Å². The minimum absolute atomic E-state index is 0.464. The molecule has 0 aromatic carbocycles. The van der Waals surface area contributed by atoms with Crippen LogP contribution in [0.1, 0.15) is 33.1 Å². The first-order valence-corrected chi connectivity index (χ1v) is 6.92. The molecule has 0 bridgehead atoms. The summed E-state index contributed by atoms with van der Waals surface area (Å²) in [6.07, 6.45) is 4.22. The van der Waals surface area contributed by atoms with E-state index in [0.717, 1.165) is 13.2 Å². The van der Waals surface area contributed by atoms with E-state index in [4.69, 9.17) is 4.74 Å². The van der Waals surface area contributed by atoms with Gasteiger partial charge in [0.2, 0.25) is 0 Å². The summed E-state index contributed by atoms with van der Waals surface area (Å²) >= 11 is 2.03. The second-order valence-corrected chi connectivity index (χ2v) is 5.13. The normalized spacial score (nSPS) is 24.0. The second-order valence-electron chi connectivity index (χ2n) is 3.91. The maximum Gasteiger partial charge on any atom is 0.0726 e.